The van der Waals surface area contributed by atoms with Gasteiger partial charge in [0.15, 0.2) is 5.13 Å². The van der Waals surface area contributed by atoms with Gasteiger partial charge in [-0.15, -0.1) is 0 Å². The van der Waals surface area contributed by atoms with Crippen LogP contribution in [0.1, 0.15) is 11.1 Å². The maximum atomic E-state index is 5.62. The second kappa shape index (κ2) is 5.61. The van der Waals surface area contributed by atoms with E-state index in [0.717, 1.165) is 22.8 Å². The van der Waals surface area contributed by atoms with Crippen LogP contribution in [0.15, 0.2) is 48.5 Å². The van der Waals surface area contributed by atoms with Crippen molar-refractivity contribution in [2.75, 3.05) is 11.9 Å². The second-order valence-electron chi connectivity index (χ2n) is 4.84. The van der Waals surface area contributed by atoms with Crippen molar-refractivity contribution in [3.05, 3.63) is 59.7 Å². The van der Waals surface area contributed by atoms with Gasteiger partial charge in [-0.25, -0.2) is 4.98 Å². The van der Waals surface area contributed by atoms with Gasteiger partial charge in [0.1, 0.15) is 0 Å². The fourth-order valence-corrected chi connectivity index (χ4v) is 3.07. The van der Waals surface area contributed by atoms with Gasteiger partial charge >= 0.3 is 0 Å². The molecular formula is C16H17N3S. The summed E-state index contributed by atoms with van der Waals surface area (Å²) in [5, 5.41) is 1.05. The van der Waals surface area contributed by atoms with Crippen molar-refractivity contribution in [2.45, 2.75) is 13.1 Å². The third-order valence-corrected chi connectivity index (χ3v) is 4.44. The molecular weight excluding hydrogens is 266 g/mol. The molecule has 0 saturated carbocycles. The van der Waals surface area contributed by atoms with Crippen molar-refractivity contribution in [2.24, 2.45) is 5.73 Å². The van der Waals surface area contributed by atoms with E-state index < -0.39 is 0 Å². The minimum absolute atomic E-state index is 0.591. The smallest absolute Gasteiger partial charge is 0.186 e. The third kappa shape index (κ3) is 2.66. The predicted molar refractivity (Wildman–Crippen MR) is 86.1 cm³/mol. The quantitative estimate of drug-likeness (QED) is 0.798. The van der Waals surface area contributed by atoms with Gasteiger partial charge in [0.2, 0.25) is 0 Å². The summed E-state index contributed by atoms with van der Waals surface area (Å²) < 4.78 is 1.23. The van der Waals surface area contributed by atoms with Crippen LogP contribution in [0.3, 0.4) is 0 Å². The average Bonchev–Trinajstić information content (AvgIpc) is 2.92. The Morgan fingerprint density at radius 1 is 1.05 bits per heavy atom. The molecule has 0 radical (unpaired) electrons. The number of thiazole rings is 1. The summed E-state index contributed by atoms with van der Waals surface area (Å²) in [6.45, 7) is 1.44. The molecule has 4 heteroatoms. The summed E-state index contributed by atoms with van der Waals surface area (Å²) in [7, 11) is 2.08. The third-order valence-electron chi connectivity index (χ3n) is 3.29. The van der Waals surface area contributed by atoms with E-state index in [1.807, 2.05) is 6.07 Å². The first kappa shape index (κ1) is 13.1. The number of para-hydroxylation sites is 1. The maximum Gasteiger partial charge on any atom is 0.186 e. The van der Waals surface area contributed by atoms with Crippen LogP contribution < -0.4 is 10.6 Å². The summed E-state index contributed by atoms with van der Waals surface area (Å²) in [6, 6.07) is 16.7. The van der Waals surface area contributed by atoms with Crippen LogP contribution >= 0.6 is 11.3 Å². The number of rotatable bonds is 4. The number of anilines is 1. The molecule has 3 aromatic rings. The van der Waals surface area contributed by atoms with Crippen LogP contribution in [0, 0.1) is 0 Å². The van der Waals surface area contributed by atoms with E-state index >= 15 is 0 Å². The number of hydrogen-bond acceptors (Lipinski definition) is 4. The summed E-state index contributed by atoms with van der Waals surface area (Å²) in [5.41, 5.74) is 9.11. The Bertz CT molecular complexity index is 670. The Balaban J connectivity index is 1.79. The van der Waals surface area contributed by atoms with Gasteiger partial charge in [0.05, 0.1) is 10.2 Å². The molecule has 0 saturated heterocycles. The van der Waals surface area contributed by atoms with Crippen LogP contribution in [0.25, 0.3) is 10.2 Å². The summed E-state index contributed by atoms with van der Waals surface area (Å²) >= 11 is 1.73. The molecule has 2 N–H and O–H groups in total. The van der Waals surface area contributed by atoms with Crippen LogP contribution in [-0.2, 0) is 13.1 Å². The van der Waals surface area contributed by atoms with E-state index in [-0.39, 0.29) is 0 Å². The minimum atomic E-state index is 0.591. The molecule has 0 atom stereocenters. The molecule has 0 fully saturated rings. The lowest BCUT2D eigenvalue weighted by Gasteiger charge is -2.15. The Hall–Kier alpha value is -1.91. The van der Waals surface area contributed by atoms with E-state index in [1.54, 1.807) is 11.3 Å². The zero-order chi connectivity index (χ0) is 13.9. The van der Waals surface area contributed by atoms with Gasteiger partial charge in [-0.1, -0.05) is 47.7 Å². The monoisotopic (exact) mass is 283 g/mol. The minimum Gasteiger partial charge on any atom is -0.347 e. The predicted octanol–water partition coefficient (Wildman–Crippen LogP) is 3.39. The van der Waals surface area contributed by atoms with Crippen LogP contribution in [-0.4, -0.2) is 12.0 Å². The van der Waals surface area contributed by atoms with E-state index in [1.165, 1.54) is 10.3 Å². The van der Waals surface area contributed by atoms with Crippen molar-refractivity contribution in [1.82, 2.24) is 4.98 Å². The van der Waals surface area contributed by atoms with Crippen molar-refractivity contribution in [1.29, 1.82) is 0 Å². The average molecular weight is 283 g/mol. The zero-order valence-electron chi connectivity index (χ0n) is 11.4. The fourth-order valence-electron chi connectivity index (χ4n) is 2.15. The highest BCUT2D eigenvalue weighted by atomic mass is 32.1. The highest BCUT2D eigenvalue weighted by molar-refractivity contribution is 7.22. The van der Waals surface area contributed by atoms with Crippen molar-refractivity contribution < 1.29 is 0 Å². The summed E-state index contributed by atoms with van der Waals surface area (Å²) in [5.74, 6) is 0. The van der Waals surface area contributed by atoms with Gasteiger partial charge in [0.25, 0.3) is 0 Å². The molecule has 102 valence electrons. The summed E-state index contributed by atoms with van der Waals surface area (Å²) in [4.78, 5) is 6.85. The number of nitrogens with zero attached hydrogens (tertiary/aromatic N) is 2. The topological polar surface area (TPSA) is 42.1 Å². The van der Waals surface area contributed by atoms with Crippen molar-refractivity contribution in [3.63, 3.8) is 0 Å². The largest absolute Gasteiger partial charge is 0.347 e. The maximum absolute atomic E-state index is 5.62. The van der Waals surface area contributed by atoms with Gasteiger partial charge in [-0.05, 0) is 23.3 Å². The SMILES string of the molecule is CN(Cc1ccc(CN)cc1)c1nc2ccccc2s1. The molecule has 1 aromatic heterocycles. The standard InChI is InChI=1S/C16H17N3S/c1-19(11-13-8-6-12(10-17)7-9-13)16-18-14-4-2-3-5-15(14)20-16/h2-9H,10-11,17H2,1H3. The van der Waals surface area contributed by atoms with Crippen molar-refractivity contribution >= 4 is 26.7 Å². The summed E-state index contributed by atoms with van der Waals surface area (Å²) in [6.07, 6.45) is 0. The van der Waals surface area contributed by atoms with E-state index in [9.17, 15) is 0 Å². The second-order valence-corrected chi connectivity index (χ2v) is 5.85. The normalized spacial score (nSPS) is 10.9. The molecule has 0 aliphatic heterocycles. The molecule has 0 bridgehead atoms. The molecule has 0 aliphatic carbocycles. The van der Waals surface area contributed by atoms with Gasteiger partial charge < -0.3 is 10.6 Å². The number of benzene rings is 2. The highest BCUT2D eigenvalue weighted by Crippen LogP contribution is 2.28. The van der Waals surface area contributed by atoms with Gasteiger partial charge in [-0.3, -0.25) is 0 Å². The molecule has 0 unspecified atom stereocenters. The first-order chi connectivity index (χ1) is 9.76. The van der Waals surface area contributed by atoms with Crippen LogP contribution in [0.2, 0.25) is 0 Å². The van der Waals surface area contributed by atoms with Crippen LogP contribution in [0.4, 0.5) is 5.13 Å². The first-order valence-electron chi connectivity index (χ1n) is 6.61. The molecule has 1 heterocycles. The fraction of sp³-hybridized carbons (Fsp3) is 0.188. The number of aromatic nitrogens is 1. The Labute approximate surface area is 122 Å². The molecule has 0 amide bonds. The Morgan fingerprint density at radius 2 is 1.75 bits per heavy atom. The molecule has 0 spiro atoms. The molecule has 3 rings (SSSR count). The number of fused-ring (bicyclic) bond motifs is 1. The number of hydrogen-bond donors (Lipinski definition) is 1. The van der Waals surface area contributed by atoms with Crippen molar-refractivity contribution in [3.8, 4) is 0 Å². The molecule has 3 nitrogen and oxygen atoms in total. The molecule has 0 aliphatic rings. The lowest BCUT2D eigenvalue weighted by molar-refractivity contribution is 0.915. The van der Waals surface area contributed by atoms with E-state index in [0.29, 0.717) is 6.54 Å². The van der Waals surface area contributed by atoms with E-state index in [2.05, 4.69) is 59.4 Å². The van der Waals surface area contributed by atoms with E-state index in [4.69, 9.17) is 5.73 Å². The van der Waals surface area contributed by atoms with Gasteiger partial charge in [-0.2, -0.15) is 0 Å². The Kier molecular flexibility index (Phi) is 3.67. The first-order valence-corrected chi connectivity index (χ1v) is 7.42. The zero-order valence-corrected chi connectivity index (χ0v) is 12.2. The van der Waals surface area contributed by atoms with Crippen LogP contribution in [0.5, 0.6) is 0 Å². The molecule has 2 aromatic carbocycles. The highest BCUT2D eigenvalue weighted by Gasteiger charge is 2.08. The lowest BCUT2D eigenvalue weighted by Crippen LogP contribution is -2.16. The number of nitrogens with two attached hydrogens (primary N) is 1. The molecule has 20 heavy (non-hydrogen) atoms. The lowest BCUT2D eigenvalue weighted by atomic mass is 10.1. The Morgan fingerprint density at radius 3 is 2.45 bits per heavy atom. The van der Waals surface area contributed by atoms with Gasteiger partial charge in [0, 0.05) is 20.1 Å².